The number of benzene rings is 1. The van der Waals surface area contributed by atoms with E-state index < -0.39 is 0 Å². The van der Waals surface area contributed by atoms with Crippen LogP contribution in [0.5, 0.6) is 0 Å². The number of nitrogens with zero attached hydrogens (tertiary/aromatic N) is 3. The van der Waals surface area contributed by atoms with Crippen LogP contribution in [0.4, 0.5) is 0 Å². The summed E-state index contributed by atoms with van der Waals surface area (Å²) >= 11 is 3.23. The van der Waals surface area contributed by atoms with Crippen molar-refractivity contribution >= 4 is 45.1 Å². The number of thioether (sulfide) groups is 1. The number of rotatable bonds is 8. The molecule has 1 aliphatic heterocycles. The number of carbonyl (C=O) groups is 2. The van der Waals surface area contributed by atoms with Crippen LogP contribution in [-0.2, 0) is 19.4 Å². The molecule has 0 fully saturated rings. The number of hydrogen-bond acceptors (Lipinski definition) is 6. The fourth-order valence-corrected chi connectivity index (χ4v) is 7.02. The molecule has 1 aliphatic carbocycles. The molecule has 0 spiro atoms. The second kappa shape index (κ2) is 9.50. The zero-order valence-electron chi connectivity index (χ0n) is 19.3. The Morgan fingerprint density at radius 2 is 1.79 bits per heavy atom. The van der Waals surface area contributed by atoms with E-state index in [2.05, 4.69) is 6.58 Å². The molecule has 2 amide bonds. The lowest BCUT2D eigenvalue weighted by molar-refractivity contribution is 0.0652. The quantitative estimate of drug-likeness (QED) is 0.144. The lowest BCUT2D eigenvalue weighted by Crippen LogP contribution is -2.30. The molecule has 5 rings (SSSR count). The van der Waals surface area contributed by atoms with Crippen molar-refractivity contribution in [1.82, 2.24) is 14.5 Å². The molecular formula is C26H27N3O3S2. The summed E-state index contributed by atoms with van der Waals surface area (Å²) in [6.45, 7) is 6.80. The Labute approximate surface area is 206 Å². The number of imide groups is 1. The number of fused-ring (bicyclic) bond motifs is 4. The van der Waals surface area contributed by atoms with Crippen LogP contribution < -0.4 is 5.56 Å². The standard InChI is InChI=1S/C26H27N3O3S2/c1-16(2)15-29-25(32)21-19-11-5-6-12-20(19)34-22(21)27-26(29)33-14-8-7-13-28-23(30)17-9-3-4-10-18(17)24(28)31/h3-4,9-10H,1,5-8,11-15H2,2H3. The topological polar surface area (TPSA) is 72.3 Å². The highest BCUT2D eigenvalue weighted by molar-refractivity contribution is 7.99. The SMILES string of the molecule is C=C(C)Cn1c(SCCCCN2C(=O)c3ccccc3C2=O)nc2sc3c(c2c1=O)CCCC3. The van der Waals surface area contributed by atoms with Crippen molar-refractivity contribution in [3.05, 3.63) is 68.3 Å². The van der Waals surface area contributed by atoms with Gasteiger partial charge in [0.1, 0.15) is 4.83 Å². The average Bonchev–Trinajstić information content (AvgIpc) is 3.31. The maximum absolute atomic E-state index is 13.5. The molecule has 3 aromatic rings. The van der Waals surface area contributed by atoms with Gasteiger partial charge in [-0.2, -0.15) is 0 Å². The summed E-state index contributed by atoms with van der Waals surface area (Å²) in [6, 6.07) is 6.97. The summed E-state index contributed by atoms with van der Waals surface area (Å²) in [4.78, 5) is 46.9. The van der Waals surface area contributed by atoms with E-state index in [1.165, 1.54) is 21.8 Å². The number of amides is 2. The van der Waals surface area contributed by atoms with Gasteiger partial charge in [0.25, 0.3) is 17.4 Å². The number of carbonyl (C=O) groups excluding carboxylic acids is 2. The molecule has 0 saturated heterocycles. The van der Waals surface area contributed by atoms with Crippen molar-refractivity contribution in [3.8, 4) is 0 Å². The first-order valence-corrected chi connectivity index (χ1v) is 13.5. The van der Waals surface area contributed by atoms with E-state index in [9.17, 15) is 14.4 Å². The highest BCUT2D eigenvalue weighted by Crippen LogP contribution is 2.35. The first-order chi connectivity index (χ1) is 16.5. The van der Waals surface area contributed by atoms with Crippen molar-refractivity contribution in [2.24, 2.45) is 0 Å². The zero-order chi connectivity index (χ0) is 23.8. The lowest BCUT2D eigenvalue weighted by atomic mass is 9.97. The Balaban J connectivity index is 1.28. The smallest absolute Gasteiger partial charge is 0.263 e. The van der Waals surface area contributed by atoms with Gasteiger partial charge in [-0.15, -0.1) is 11.3 Å². The summed E-state index contributed by atoms with van der Waals surface area (Å²) < 4.78 is 1.76. The average molecular weight is 494 g/mol. The van der Waals surface area contributed by atoms with Crippen LogP contribution in [0.2, 0.25) is 0 Å². The monoisotopic (exact) mass is 493 g/mol. The maximum Gasteiger partial charge on any atom is 0.263 e. The molecule has 176 valence electrons. The number of thiophene rings is 1. The summed E-state index contributed by atoms with van der Waals surface area (Å²) in [5, 5.41) is 1.52. The molecular weight excluding hydrogens is 466 g/mol. The van der Waals surface area contributed by atoms with Gasteiger partial charge < -0.3 is 0 Å². The largest absolute Gasteiger partial charge is 0.283 e. The number of aromatic nitrogens is 2. The molecule has 34 heavy (non-hydrogen) atoms. The molecule has 8 heteroatoms. The molecule has 6 nitrogen and oxygen atoms in total. The van der Waals surface area contributed by atoms with Crippen molar-refractivity contribution in [2.45, 2.75) is 57.1 Å². The second-order valence-corrected chi connectivity index (χ2v) is 11.1. The molecule has 0 bridgehead atoms. The van der Waals surface area contributed by atoms with Crippen molar-refractivity contribution in [1.29, 1.82) is 0 Å². The van der Waals surface area contributed by atoms with Gasteiger partial charge in [0.05, 0.1) is 16.5 Å². The van der Waals surface area contributed by atoms with Gasteiger partial charge in [0.2, 0.25) is 0 Å². The molecule has 0 atom stereocenters. The molecule has 2 aliphatic rings. The normalized spacial score (nSPS) is 15.1. The lowest BCUT2D eigenvalue weighted by Gasteiger charge is -2.15. The van der Waals surface area contributed by atoms with E-state index in [0.29, 0.717) is 30.6 Å². The van der Waals surface area contributed by atoms with E-state index in [4.69, 9.17) is 4.98 Å². The van der Waals surface area contributed by atoms with Gasteiger partial charge in [-0.3, -0.25) is 23.9 Å². The van der Waals surface area contributed by atoms with Gasteiger partial charge in [0.15, 0.2) is 5.16 Å². The number of unbranched alkanes of at least 4 members (excludes halogenated alkanes) is 1. The fraction of sp³-hybridized carbons (Fsp3) is 0.385. The number of hydrogen-bond donors (Lipinski definition) is 0. The van der Waals surface area contributed by atoms with Crippen LogP contribution in [0, 0.1) is 0 Å². The van der Waals surface area contributed by atoms with Crippen molar-refractivity contribution in [2.75, 3.05) is 12.3 Å². The Morgan fingerprint density at radius 3 is 2.50 bits per heavy atom. The van der Waals surface area contributed by atoms with Crippen LogP contribution in [0.25, 0.3) is 10.2 Å². The number of aryl methyl sites for hydroxylation is 2. The first-order valence-electron chi connectivity index (χ1n) is 11.7. The molecule has 0 saturated carbocycles. The Hall–Kier alpha value is -2.71. The molecule has 0 unspecified atom stereocenters. The van der Waals surface area contributed by atoms with Gasteiger partial charge >= 0.3 is 0 Å². The van der Waals surface area contributed by atoms with Crippen LogP contribution in [0.3, 0.4) is 0 Å². The van der Waals surface area contributed by atoms with Gasteiger partial charge in [-0.05, 0) is 63.1 Å². The molecule has 2 aromatic heterocycles. The predicted molar refractivity (Wildman–Crippen MR) is 137 cm³/mol. The second-order valence-electron chi connectivity index (χ2n) is 9.00. The van der Waals surface area contributed by atoms with Crippen molar-refractivity contribution < 1.29 is 9.59 Å². The van der Waals surface area contributed by atoms with E-state index in [1.54, 1.807) is 51.9 Å². The van der Waals surface area contributed by atoms with Crippen LogP contribution in [0.15, 0.2) is 46.4 Å². The third-order valence-corrected chi connectivity index (χ3v) is 8.60. The third-order valence-electron chi connectivity index (χ3n) is 6.35. The van der Waals surface area contributed by atoms with Crippen LogP contribution >= 0.6 is 23.1 Å². The predicted octanol–water partition coefficient (Wildman–Crippen LogP) is 5.08. The van der Waals surface area contributed by atoms with E-state index in [1.807, 2.05) is 6.92 Å². The third kappa shape index (κ3) is 4.14. The summed E-state index contributed by atoms with van der Waals surface area (Å²) in [5.41, 5.74) is 3.14. The summed E-state index contributed by atoms with van der Waals surface area (Å²) in [5.74, 6) is 0.331. The minimum Gasteiger partial charge on any atom is -0.283 e. The summed E-state index contributed by atoms with van der Waals surface area (Å²) in [7, 11) is 0. The van der Waals surface area contributed by atoms with Crippen molar-refractivity contribution in [3.63, 3.8) is 0 Å². The molecule has 0 N–H and O–H groups in total. The highest BCUT2D eigenvalue weighted by atomic mass is 32.2. The Morgan fingerprint density at radius 1 is 1.09 bits per heavy atom. The van der Waals surface area contributed by atoms with Crippen LogP contribution in [-0.4, -0.2) is 38.6 Å². The number of allylic oxidation sites excluding steroid dienone is 1. The zero-order valence-corrected chi connectivity index (χ0v) is 20.9. The Kier molecular flexibility index (Phi) is 6.44. The van der Waals surface area contributed by atoms with E-state index in [-0.39, 0.29) is 17.4 Å². The van der Waals surface area contributed by atoms with E-state index in [0.717, 1.165) is 52.4 Å². The Bertz CT molecular complexity index is 1340. The summed E-state index contributed by atoms with van der Waals surface area (Å²) in [6.07, 6.45) is 5.82. The molecule has 0 radical (unpaired) electrons. The van der Waals surface area contributed by atoms with E-state index >= 15 is 0 Å². The maximum atomic E-state index is 13.5. The molecule has 3 heterocycles. The minimum absolute atomic E-state index is 0.0425. The fourth-order valence-electron chi connectivity index (χ4n) is 4.72. The first kappa shape index (κ1) is 23.1. The van der Waals surface area contributed by atoms with Gasteiger partial charge in [-0.25, -0.2) is 4.98 Å². The van der Waals surface area contributed by atoms with Gasteiger partial charge in [0, 0.05) is 23.7 Å². The van der Waals surface area contributed by atoms with Gasteiger partial charge in [-0.1, -0.05) is 36.0 Å². The molecule has 1 aromatic carbocycles. The highest BCUT2D eigenvalue weighted by Gasteiger charge is 2.34. The van der Waals surface area contributed by atoms with Crippen LogP contribution in [0.1, 0.15) is 63.8 Å². The minimum atomic E-state index is -0.211.